The van der Waals surface area contributed by atoms with Crippen LogP contribution in [-0.4, -0.2) is 13.0 Å². The van der Waals surface area contributed by atoms with Crippen LogP contribution in [0.25, 0.3) is 21.5 Å². The Hall–Kier alpha value is -1.69. The van der Waals surface area contributed by atoms with E-state index in [2.05, 4.69) is 0 Å². The van der Waals surface area contributed by atoms with Crippen molar-refractivity contribution in [3.05, 3.63) is 96.1 Å². The molecule has 0 aliphatic rings. The van der Waals surface area contributed by atoms with Crippen molar-refractivity contribution in [1.82, 2.24) is 0 Å². The first-order chi connectivity index (χ1) is 12.1. The molecule has 0 unspecified atom stereocenters. The quantitative estimate of drug-likeness (QED) is 0.407. The van der Waals surface area contributed by atoms with Crippen molar-refractivity contribution in [2.24, 2.45) is 0 Å². The van der Waals surface area contributed by atoms with Crippen LogP contribution in [0.1, 0.15) is 16.4 Å². The molecule has 0 aromatic heterocycles. The Bertz CT molecular complexity index is 1100. The maximum atomic E-state index is 12.3. The maximum Gasteiger partial charge on any atom is 1.00 e. The molecule has 0 fully saturated rings. The van der Waals surface area contributed by atoms with Crippen LogP contribution in [0.5, 0.6) is 0 Å². The Morgan fingerprint density at radius 1 is 0.615 bits per heavy atom. The first-order valence-electron chi connectivity index (χ1n) is 7.96. The van der Waals surface area contributed by atoms with Crippen LogP contribution >= 0.6 is 0 Å². The molecule has 5 heteroatoms. The third kappa shape index (κ3) is 3.43. The van der Waals surface area contributed by atoms with Crippen molar-refractivity contribution in [3.8, 4) is 0 Å². The summed E-state index contributed by atoms with van der Waals surface area (Å²) >= 11 is 0. The largest absolute Gasteiger partial charge is 1.00 e. The molecule has 0 saturated heterocycles. The number of rotatable bonds is 3. The molecule has 0 radical (unpaired) electrons. The molecule has 0 atom stereocenters. The molecular formula is C21H15NaO3S. The van der Waals surface area contributed by atoms with Crippen LogP contribution in [0.2, 0.25) is 0 Å². The minimum atomic E-state index is -4.60. The van der Waals surface area contributed by atoms with E-state index in [4.69, 9.17) is 0 Å². The van der Waals surface area contributed by atoms with Crippen molar-refractivity contribution >= 4 is 31.7 Å². The molecule has 3 nitrogen and oxygen atoms in total. The van der Waals surface area contributed by atoms with Crippen LogP contribution in [-0.2, 0) is 10.1 Å². The molecule has 0 aliphatic carbocycles. The molecule has 0 N–H and O–H groups in total. The second kappa shape index (κ2) is 7.51. The van der Waals surface area contributed by atoms with E-state index < -0.39 is 15.4 Å². The summed E-state index contributed by atoms with van der Waals surface area (Å²) in [4.78, 5) is 0. The molecule has 0 heterocycles. The summed E-state index contributed by atoms with van der Waals surface area (Å²) in [6.45, 7) is 0. The van der Waals surface area contributed by atoms with Gasteiger partial charge in [-0.3, -0.25) is 0 Å². The third-order valence-corrected chi connectivity index (χ3v) is 5.59. The van der Waals surface area contributed by atoms with E-state index in [1.807, 2.05) is 60.7 Å². The molecule has 0 spiro atoms. The molecule has 0 amide bonds. The van der Waals surface area contributed by atoms with Crippen molar-refractivity contribution in [3.63, 3.8) is 0 Å². The predicted octanol–water partition coefficient (Wildman–Crippen LogP) is 1.63. The third-order valence-electron chi connectivity index (χ3n) is 4.50. The molecule has 0 bridgehead atoms. The summed E-state index contributed by atoms with van der Waals surface area (Å²) in [6.07, 6.45) is 0. The molecule has 4 aromatic rings. The summed E-state index contributed by atoms with van der Waals surface area (Å²) in [5.41, 5.74) is 1.04. The monoisotopic (exact) mass is 370 g/mol. The predicted molar refractivity (Wildman–Crippen MR) is 99.4 cm³/mol. The molecule has 4 rings (SSSR count). The fraction of sp³-hybridized carbons (Fsp3) is 0.0476. The van der Waals surface area contributed by atoms with E-state index in [9.17, 15) is 13.0 Å². The average Bonchev–Trinajstić information content (AvgIpc) is 2.61. The Balaban J connectivity index is 0.00000196. The summed E-state index contributed by atoms with van der Waals surface area (Å²) in [6, 6.07) is 25.9. The van der Waals surface area contributed by atoms with Crippen molar-refractivity contribution in [2.75, 3.05) is 0 Å². The van der Waals surface area contributed by atoms with Gasteiger partial charge in [0.2, 0.25) is 0 Å². The summed E-state index contributed by atoms with van der Waals surface area (Å²) in [5, 5.41) is 2.14. The topological polar surface area (TPSA) is 57.2 Å². The van der Waals surface area contributed by atoms with Crippen molar-refractivity contribution in [2.45, 2.75) is 5.25 Å². The minimum Gasteiger partial charge on any atom is -0.747 e. The van der Waals surface area contributed by atoms with Gasteiger partial charge in [-0.15, -0.1) is 0 Å². The van der Waals surface area contributed by atoms with E-state index in [-0.39, 0.29) is 29.6 Å². The average molecular weight is 370 g/mol. The molecule has 4 aromatic carbocycles. The molecule has 26 heavy (non-hydrogen) atoms. The zero-order valence-electron chi connectivity index (χ0n) is 14.3. The van der Waals surface area contributed by atoms with Gasteiger partial charge in [-0.05, 0) is 32.7 Å². The molecule has 0 saturated carbocycles. The second-order valence-electron chi connectivity index (χ2n) is 6.01. The fourth-order valence-corrected chi connectivity index (χ4v) is 4.47. The van der Waals surface area contributed by atoms with Gasteiger partial charge in [-0.1, -0.05) is 84.9 Å². The van der Waals surface area contributed by atoms with Crippen LogP contribution in [0.4, 0.5) is 0 Å². The van der Waals surface area contributed by atoms with Crippen molar-refractivity contribution < 1.29 is 42.5 Å². The standard InChI is InChI=1S/C21H16O3S.Na/c22-25(23,24)21(19-13-5-9-15-7-1-3-11-17(15)19)20-14-6-10-16-8-2-4-12-18(16)20;/h1-14,21H,(H,22,23,24);/q;+1/p-1. The van der Waals surface area contributed by atoms with Crippen LogP contribution in [0.15, 0.2) is 84.9 Å². The van der Waals surface area contributed by atoms with E-state index in [1.165, 1.54) is 0 Å². The van der Waals surface area contributed by atoms with Gasteiger partial charge in [0.05, 0.1) is 0 Å². The zero-order chi connectivity index (χ0) is 17.4. The molecule has 124 valence electrons. The van der Waals surface area contributed by atoms with Crippen molar-refractivity contribution in [1.29, 1.82) is 0 Å². The SMILES string of the molecule is O=S(=O)([O-])C(c1cccc2ccccc12)c1cccc2ccccc12.[Na+]. The van der Waals surface area contributed by atoms with E-state index in [0.717, 1.165) is 21.5 Å². The fourth-order valence-electron chi connectivity index (χ4n) is 3.44. The zero-order valence-corrected chi connectivity index (χ0v) is 17.1. The van der Waals surface area contributed by atoms with Crippen LogP contribution in [0, 0.1) is 0 Å². The Morgan fingerprint density at radius 2 is 1.00 bits per heavy atom. The van der Waals surface area contributed by atoms with Gasteiger partial charge >= 0.3 is 29.6 Å². The Labute approximate surface area is 174 Å². The van der Waals surface area contributed by atoms with Gasteiger partial charge in [-0.2, -0.15) is 0 Å². The number of hydrogen-bond acceptors (Lipinski definition) is 3. The normalized spacial score (nSPS) is 11.6. The summed E-state index contributed by atoms with van der Waals surface area (Å²) < 4.78 is 36.8. The van der Waals surface area contributed by atoms with E-state index in [1.54, 1.807) is 24.3 Å². The Kier molecular flexibility index (Phi) is 5.51. The van der Waals surface area contributed by atoms with Gasteiger partial charge in [0.15, 0.2) is 0 Å². The maximum absolute atomic E-state index is 12.3. The number of fused-ring (bicyclic) bond motifs is 2. The van der Waals surface area contributed by atoms with Gasteiger partial charge in [-0.25, -0.2) is 8.42 Å². The summed E-state index contributed by atoms with van der Waals surface area (Å²) in [5.74, 6) is 0. The first kappa shape index (κ1) is 19.1. The Morgan fingerprint density at radius 3 is 1.42 bits per heavy atom. The van der Waals surface area contributed by atoms with Gasteiger partial charge in [0, 0.05) is 0 Å². The number of benzene rings is 4. The van der Waals surface area contributed by atoms with E-state index >= 15 is 0 Å². The van der Waals surface area contributed by atoms with Crippen LogP contribution in [0.3, 0.4) is 0 Å². The first-order valence-corrected chi connectivity index (χ1v) is 9.43. The molecular weight excluding hydrogens is 355 g/mol. The summed E-state index contributed by atoms with van der Waals surface area (Å²) in [7, 11) is -4.60. The minimum absolute atomic E-state index is 0. The second-order valence-corrected chi connectivity index (χ2v) is 7.47. The number of hydrogen-bond donors (Lipinski definition) is 0. The molecule has 0 aliphatic heterocycles. The van der Waals surface area contributed by atoms with Gasteiger partial charge < -0.3 is 4.55 Å². The van der Waals surface area contributed by atoms with E-state index in [0.29, 0.717) is 11.1 Å². The van der Waals surface area contributed by atoms with Gasteiger partial charge in [0.1, 0.15) is 15.4 Å². The van der Waals surface area contributed by atoms with Crippen LogP contribution < -0.4 is 29.6 Å². The van der Waals surface area contributed by atoms with Gasteiger partial charge in [0.25, 0.3) is 0 Å². The smallest absolute Gasteiger partial charge is 0.747 e.